The van der Waals surface area contributed by atoms with Gasteiger partial charge >= 0.3 is 5.97 Å². The smallest absolute Gasteiger partial charge is 0.341 e. The van der Waals surface area contributed by atoms with E-state index >= 15 is 0 Å². The van der Waals surface area contributed by atoms with Crippen molar-refractivity contribution in [3.8, 4) is 5.75 Å². The molecule has 0 saturated heterocycles. The Morgan fingerprint density at radius 3 is 2.58 bits per heavy atom. The molecule has 1 amide bonds. The standard InChI is InChI=1S/C17H18ClNO4S/c1-10-11(2)24-16(19-12(3)20)15(10)17(21)23-9-8-22-14-7-5-4-6-13(14)18/h4-7H,8-9H2,1-3H3,(H,19,20). The fourth-order valence-electron chi connectivity index (χ4n) is 2.04. The SMILES string of the molecule is CC(=O)Nc1sc(C)c(C)c1C(=O)OCCOc1ccccc1Cl. The molecule has 2 aromatic rings. The van der Waals surface area contributed by atoms with Crippen LogP contribution in [0.25, 0.3) is 0 Å². The van der Waals surface area contributed by atoms with Crippen molar-refractivity contribution in [2.45, 2.75) is 20.8 Å². The summed E-state index contributed by atoms with van der Waals surface area (Å²) in [4.78, 5) is 24.5. The van der Waals surface area contributed by atoms with Crippen molar-refractivity contribution in [2.75, 3.05) is 18.5 Å². The van der Waals surface area contributed by atoms with Crippen molar-refractivity contribution in [1.82, 2.24) is 0 Å². The molecule has 0 bridgehead atoms. The summed E-state index contributed by atoms with van der Waals surface area (Å²) in [5.41, 5.74) is 1.20. The molecule has 128 valence electrons. The van der Waals surface area contributed by atoms with Crippen LogP contribution >= 0.6 is 22.9 Å². The highest BCUT2D eigenvalue weighted by atomic mass is 35.5. The van der Waals surface area contributed by atoms with Gasteiger partial charge in [0, 0.05) is 11.8 Å². The first-order chi connectivity index (χ1) is 11.4. The molecule has 7 heteroatoms. The van der Waals surface area contributed by atoms with Crippen LogP contribution < -0.4 is 10.1 Å². The summed E-state index contributed by atoms with van der Waals surface area (Å²) >= 11 is 7.34. The predicted octanol–water partition coefficient (Wildman–Crippen LogP) is 4.21. The topological polar surface area (TPSA) is 64.6 Å². The van der Waals surface area contributed by atoms with E-state index in [9.17, 15) is 9.59 Å². The molecule has 5 nitrogen and oxygen atoms in total. The van der Waals surface area contributed by atoms with Gasteiger partial charge in [-0.3, -0.25) is 4.79 Å². The maximum absolute atomic E-state index is 12.3. The molecule has 0 spiro atoms. The van der Waals surface area contributed by atoms with Crippen molar-refractivity contribution in [2.24, 2.45) is 0 Å². The van der Waals surface area contributed by atoms with E-state index in [1.165, 1.54) is 18.3 Å². The van der Waals surface area contributed by atoms with Gasteiger partial charge in [0.1, 0.15) is 24.0 Å². The van der Waals surface area contributed by atoms with E-state index in [2.05, 4.69) is 5.32 Å². The number of benzene rings is 1. The Balaban J connectivity index is 1.95. The Hall–Kier alpha value is -2.05. The van der Waals surface area contributed by atoms with Gasteiger partial charge in [0.05, 0.1) is 10.6 Å². The van der Waals surface area contributed by atoms with E-state index in [1.54, 1.807) is 18.2 Å². The maximum Gasteiger partial charge on any atom is 0.341 e. The Labute approximate surface area is 149 Å². The zero-order valence-electron chi connectivity index (χ0n) is 13.6. The number of carbonyl (C=O) groups excluding carboxylic acids is 2. The number of carbonyl (C=O) groups is 2. The molecule has 1 N–H and O–H groups in total. The van der Waals surface area contributed by atoms with Crippen molar-refractivity contribution >= 4 is 39.8 Å². The number of esters is 1. The number of nitrogens with one attached hydrogen (secondary N) is 1. The summed E-state index contributed by atoms with van der Waals surface area (Å²) in [6.07, 6.45) is 0. The largest absolute Gasteiger partial charge is 0.488 e. The van der Waals surface area contributed by atoms with Crippen LogP contribution in [0.15, 0.2) is 24.3 Å². The Bertz CT molecular complexity index is 757. The highest BCUT2D eigenvalue weighted by molar-refractivity contribution is 7.16. The summed E-state index contributed by atoms with van der Waals surface area (Å²) in [7, 11) is 0. The van der Waals surface area contributed by atoms with E-state index in [-0.39, 0.29) is 19.1 Å². The average Bonchev–Trinajstić information content (AvgIpc) is 2.79. The van der Waals surface area contributed by atoms with Gasteiger partial charge in [-0.15, -0.1) is 11.3 Å². The summed E-state index contributed by atoms with van der Waals surface area (Å²) < 4.78 is 10.7. The normalized spacial score (nSPS) is 10.3. The molecule has 0 atom stereocenters. The van der Waals surface area contributed by atoms with Gasteiger partial charge in [0.25, 0.3) is 0 Å². The zero-order valence-corrected chi connectivity index (χ0v) is 15.2. The molecule has 1 aromatic heterocycles. The van der Waals surface area contributed by atoms with Crippen LogP contribution in [0.4, 0.5) is 5.00 Å². The van der Waals surface area contributed by atoms with Gasteiger partial charge in [-0.25, -0.2) is 4.79 Å². The summed E-state index contributed by atoms with van der Waals surface area (Å²) in [5, 5.41) is 3.68. The van der Waals surface area contributed by atoms with Crippen molar-refractivity contribution in [1.29, 1.82) is 0 Å². The van der Waals surface area contributed by atoms with Crippen LogP contribution in [0.5, 0.6) is 5.75 Å². The third kappa shape index (κ3) is 4.49. The van der Waals surface area contributed by atoms with Gasteiger partial charge in [0.2, 0.25) is 5.91 Å². The number of ether oxygens (including phenoxy) is 2. The van der Waals surface area contributed by atoms with E-state index in [1.807, 2.05) is 19.9 Å². The monoisotopic (exact) mass is 367 g/mol. The predicted molar refractivity (Wildman–Crippen MR) is 95.3 cm³/mol. The molecule has 0 aliphatic rings. The second-order valence-electron chi connectivity index (χ2n) is 5.08. The Kier molecular flexibility index (Phi) is 6.23. The fourth-order valence-corrected chi connectivity index (χ4v) is 3.33. The first-order valence-corrected chi connectivity index (χ1v) is 8.51. The van der Waals surface area contributed by atoms with Crippen molar-refractivity contribution in [3.63, 3.8) is 0 Å². The number of aryl methyl sites for hydroxylation is 1. The highest BCUT2D eigenvalue weighted by Gasteiger charge is 2.21. The Morgan fingerprint density at radius 2 is 1.92 bits per heavy atom. The minimum absolute atomic E-state index is 0.0813. The third-order valence-corrected chi connectivity index (χ3v) is 4.72. The zero-order chi connectivity index (χ0) is 17.7. The van der Waals surface area contributed by atoms with Gasteiger partial charge < -0.3 is 14.8 Å². The van der Waals surface area contributed by atoms with Crippen molar-refractivity contribution in [3.05, 3.63) is 45.3 Å². The highest BCUT2D eigenvalue weighted by Crippen LogP contribution is 2.33. The van der Waals surface area contributed by atoms with Crippen LogP contribution in [-0.2, 0) is 9.53 Å². The van der Waals surface area contributed by atoms with Gasteiger partial charge in [-0.2, -0.15) is 0 Å². The molecule has 0 radical (unpaired) electrons. The van der Waals surface area contributed by atoms with Gasteiger partial charge in [-0.1, -0.05) is 23.7 Å². The molecular weight excluding hydrogens is 350 g/mol. The molecule has 1 aromatic carbocycles. The third-order valence-electron chi connectivity index (χ3n) is 3.29. The van der Waals surface area contributed by atoms with E-state index in [0.717, 1.165) is 10.4 Å². The minimum atomic E-state index is -0.483. The number of thiophene rings is 1. The lowest BCUT2D eigenvalue weighted by Crippen LogP contribution is -2.15. The van der Waals surface area contributed by atoms with Crippen LogP contribution in [0.2, 0.25) is 5.02 Å². The van der Waals surface area contributed by atoms with Crippen LogP contribution in [0.3, 0.4) is 0 Å². The fraction of sp³-hybridized carbons (Fsp3) is 0.294. The quantitative estimate of drug-likeness (QED) is 0.613. The molecule has 2 rings (SSSR count). The van der Waals surface area contributed by atoms with E-state index < -0.39 is 5.97 Å². The van der Waals surface area contributed by atoms with E-state index in [4.69, 9.17) is 21.1 Å². The number of anilines is 1. The first kappa shape index (κ1) is 18.3. The lowest BCUT2D eigenvalue weighted by atomic mass is 10.1. The second kappa shape index (κ2) is 8.17. The molecule has 0 saturated carbocycles. The molecular formula is C17H18ClNO4S. The average molecular weight is 368 g/mol. The minimum Gasteiger partial charge on any atom is -0.488 e. The van der Waals surface area contributed by atoms with E-state index in [0.29, 0.717) is 21.3 Å². The van der Waals surface area contributed by atoms with Crippen LogP contribution in [0.1, 0.15) is 27.7 Å². The molecule has 0 aliphatic heterocycles. The summed E-state index contributed by atoms with van der Waals surface area (Å²) in [5.74, 6) is -0.174. The molecule has 0 fully saturated rings. The van der Waals surface area contributed by atoms with Crippen LogP contribution in [0, 0.1) is 13.8 Å². The number of hydrogen-bond donors (Lipinski definition) is 1. The van der Waals surface area contributed by atoms with Gasteiger partial charge in [0.15, 0.2) is 0 Å². The number of para-hydroxylation sites is 1. The van der Waals surface area contributed by atoms with Gasteiger partial charge in [-0.05, 0) is 31.5 Å². The Morgan fingerprint density at radius 1 is 1.21 bits per heavy atom. The maximum atomic E-state index is 12.3. The number of rotatable bonds is 6. The summed E-state index contributed by atoms with van der Waals surface area (Å²) in [6.45, 7) is 5.39. The molecule has 24 heavy (non-hydrogen) atoms. The summed E-state index contributed by atoms with van der Waals surface area (Å²) in [6, 6.07) is 7.08. The van der Waals surface area contributed by atoms with Crippen LogP contribution in [-0.4, -0.2) is 25.1 Å². The second-order valence-corrected chi connectivity index (χ2v) is 6.72. The number of halogens is 1. The molecule has 1 heterocycles. The number of hydrogen-bond acceptors (Lipinski definition) is 5. The number of amides is 1. The molecule has 0 aliphatic carbocycles. The lowest BCUT2D eigenvalue weighted by Gasteiger charge is -2.09. The van der Waals surface area contributed by atoms with Crippen molar-refractivity contribution < 1.29 is 19.1 Å². The lowest BCUT2D eigenvalue weighted by molar-refractivity contribution is -0.114. The molecule has 0 unspecified atom stereocenters. The first-order valence-electron chi connectivity index (χ1n) is 7.32.